The summed E-state index contributed by atoms with van der Waals surface area (Å²) in [6.07, 6.45) is 0. The third-order valence-corrected chi connectivity index (χ3v) is 5.22. The molecule has 184 valence electrons. The van der Waals surface area contributed by atoms with Crippen molar-refractivity contribution in [3.05, 3.63) is 133 Å². The molecule has 0 spiro atoms. The van der Waals surface area contributed by atoms with Crippen LogP contribution in [0.4, 0.5) is 0 Å². The quantitative estimate of drug-likeness (QED) is 0.136. The molecule has 6 nitrogen and oxygen atoms in total. The van der Waals surface area contributed by atoms with Crippen molar-refractivity contribution >= 4 is 32.3 Å². The molecule has 2 aromatic heterocycles. The first-order valence-electron chi connectivity index (χ1n) is 11.3. The van der Waals surface area contributed by atoms with E-state index >= 15 is 0 Å². The zero-order valence-corrected chi connectivity index (χ0v) is 20.4. The minimum atomic E-state index is -5.17. The molecule has 0 unspecified atom stereocenters. The topological polar surface area (TPSA) is 103 Å². The number of para-hydroxylation sites is 2. The molecule has 0 N–H and O–H groups in total. The van der Waals surface area contributed by atoms with Gasteiger partial charge in [0.2, 0.25) is 0 Å². The molecule has 6 rings (SSSR count). The van der Waals surface area contributed by atoms with Gasteiger partial charge in [-0.2, -0.15) is 0 Å². The van der Waals surface area contributed by atoms with Crippen LogP contribution in [0, 0.1) is 0 Å². The first kappa shape index (κ1) is 25.7. The monoisotopic (exact) mass is 510 g/mol. The second kappa shape index (κ2) is 12.0. The number of benzene rings is 4. The molecule has 0 saturated heterocycles. The maximum absolute atomic E-state index is 8.52. The summed E-state index contributed by atoms with van der Waals surface area (Å²) in [5.74, 6) is 1.80. The number of fused-ring (bicyclic) bond motifs is 2. The molecule has 0 fully saturated rings. The first-order chi connectivity index (χ1) is 17.9. The van der Waals surface area contributed by atoms with E-state index in [1.165, 1.54) is 0 Å². The Morgan fingerprint density at radius 3 is 1.14 bits per heavy atom. The highest BCUT2D eigenvalue weighted by Crippen LogP contribution is 2.25. The van der Waals surface area contributed by atoms with E-state index < -0.39 is 10.4 Å². The van der Waals surface area contributed by atoms with Crippen LogP contribution < -0.4 is 0 Å². The van der Waals surface area contributed by atoms with Gasteiger partial charge in [-0.25, -0.2) is 8.83 Å². The van der Waals surface area contributed by atoms with Crippen molar-refractivity contribution in [1.82, 2.24) is 0 Å². The lowest BCUT2D eigenvalue weighted by molar-refractivity contribution is 0.352. The van der Waals surface area contributed by atoms with Crippen molar-refractivity contribution < 1.29 is 26.4 Å². The predicted octanol–water partition coefficient (Wildman–Crippen LogP) is 7.42. The predicted molar refractivity (Wildman–Crippen MR) is 143 cm³/mol. The number of rotatable bonds is 2. The molecule has 0 radical (unpaired) electrons. The van der Waals surface area contributed by atoms with Gasteiger partial charge in [0.25, 0.3) is 0 Å². The van der Waals surface area contributed by atoms with E-state index in [1.807, 2.05) is 121 Å². The first-order valence-corrected chi connectivity index (χ1v) is 12.6. The molecule has 37 heavy (non-hydrogen) atoms. The molecule has 4 aromatic carbocycles. The van der Waals surface area contributed by atoms with E-state index in [4.69, 9.17) is 26.4 Å². The van der Waals surface area contributed by atoms with Crippen LogP contribution in [0.25, 0.3) is 44.6 Å². The van der Waals surface area contributed by atoms with E-state index in [1.54, 1.807) is 0 Å². The van der Waals surface area contributed by atoms with Gasteiger partial charge >= 0.3 is 22.7 Å². The molecule has 7 heteroatoms. The van der Waals surface area contributed by atoms with Gasteiger partial charge in [-0.1, -0.05) is 60.7 Å². The van der Waals surface area contributed by atoms with E-state index in [9.17, 15) is 0 Å². The fraction of sp³-hybridized carbons (Fsp3) is 0. The minimum absolute atomic E-state index is 0.902. The van der Waals surface area contributed by atoms with Gasteiger partial charge in [0, 0.05) is 34.7 Å². The van der Waals surface area contributed by atoms with Gasteiger partial charge < -0.3 is 9.11 Å². The van der Waals surface area contributed by atoms with E-state index in [0.717, 1.165) is 44.6 Å². The molecule has 0 bridgehead atoms. The summed E-state index contributed by atoms with van der Waals surface area (Å²) in [5.41, 5.74) is 4.05. The van der Waals surface area contributed by atoms with Crippen molar-refractivity contribution in [2.24, 2.45) is 0 Å². The second-order valence-corrected chi connectivity index (χ2v) is 8.63. The Morgan fingerprint density at radius 1 is 0.432 bits per heavy atom. The molecular weight excluding hydrogens is 488 g/mol. The highest BCUT2D eigenvalue weighted by molar-refractivity contribution is 7.79. The summed E-state index contributed by atoms with van der Waals surface area (Å²) in [5, 5.41) is 2.25. The van der Waals surface area contributed by atoms with Gasteiger partial charge in [-0.05, 0) is 48.5 Å². The lowest BCUT2D eigenvalue weighted by Gasteiger charge is -2.06. The van der Waals surface area contributed by atoms with Crippen LogP contribution in [-0.4, -0.2) is 17.5 Å². The summed E-state index contributed by atoms with van der Waals surface area (Å²) >= 11 is 0. The average Bonchev–Trinajstić information content (AvgIpc) is 2.93. The molecule has 0 amide bonds. The fourth-order valence-electron chi connectivity index (χ4n) is 3.57. The summed E-state index contributed by atoms with van der Waals surface area (Å²) < 4.78 is 45.8. The SMILES string of the molecule is O=S(=O)([O-])[O-].c1ccc(-c2ccc3ccccc3[o+]2)cc1.c1ccc(-c2ccc3ccccc3[o+]2)cc1. The van der Waals surface area contributed by atoms with Crippen molar-refractivity contribution in [2.45, 2.75) is 0 Å². The largest absolute Gasteiger partial charge is 0.759 e. The Kier molecular flexibility index (Phi) is 8.33. The molecule has 0 saturated carbocycles. The number of hydrogen-bond donors (Lipinski definition) is 0. The third kappa shape index (κ3) is 7.78. The van der Waals surface area contributed by atoms with Crippen LogP contribution in [0.15, 0.2) is 142 Å². The van der Waals surface area contributed by atoms with Crippen LogP contribution in [0.3, 0.4) is 0 Å². The van der Waals surface area contributed by atoms with Gasteiger partial charge in [0.1, 0.15) is 0 Å². The molecule has 0 atom stereocenters. The fourth-order valence-corrected chi connectivity index (χ4v) is 3.57. The summed E-state index contributed by atoms with van der Waals surface area (Å²) in [7, 11) is -5.17. The Bertz CT molecular complexity index is 1580. The Hall–Kier alpha value is -4.43. The second-order valence-electron chi connectivity index (χ2n) is 7.82. The lowest BCUT2D eigenvalue weighted by Crippen LogP contribution is -1.91. The Balaban J connectivity index is 0.000000147. The van der Waals surface area contributed by atoms with Crippen LogP contribution in [0.2, 0.25) is 0 Å². The standard InChI is InChI=1S/2C15H11O.H2O4S/c2*1-2-6-12(7-3-1)15-11-10-13-8-4-5-9-14(13)16-15;1-5(2,3)4/h2*1-11H;(H2,1,2,3,4)/q2*+1;/p-2. The van der Waals surface area contributed by atoms with E-state index in [-0.39, 0.29) is 0 Å². The third-order valence-electron chi connectivity index (χ3n) is 5.22. The van der Waals surface area contributed by atoms with Gasteiger partial charge in [0.15, 0.2) is 0 Å². The Labute approximate surface area is 214 Å². The smallest absolute Gasteiger partial charge is 0.360 e. The highest BCUT2D eigenvalue weighted by Gasteiger charge is 2.13. The highest BCUT2D eigenvalue weighted by atomic mass is 32.3. The summed E-state index contributed by atoms with van der Waals surface area (Å²) in [6, 6.07) is 44.5. The van der Waals surface area contributed by atoms with Gasteiger partial charge in [0.05, 0.1) is 21.9 Å². The molecule has 0 aliphatic carbocycles. The number of hydrogen-bond acceptors (Lipinski definition) is 4. The summed E-state index contributed by atoms with van der Waals surface area (Å²) in [6.45, 7) is 0. The molecule has 0 aliphatic heterocycles. The van der Waals surface area contributed by atoms with E-state index in [2.05, 4.69) is 12.1 Å². The molecule has 6 aromatic rings. The minimum Gasteiger partial charge on any atom is -0.759 e. The Morgan fingerprint density at radius 2 is 0.757 bits per heavy atom. The average molecular weight is 511 g/mol. The van der Waals surface area contributed by atoms with Crippen LogP contribution in [-0.2, 0) is 10.4 Å². The molecule has 0 aliphatic rings. The maximum atomic E-state index is 8.52. The molecule has 2 heterocycles. The lowest BCUT2D eigenvalue weighted by atomic mass is 10.1. The van der Waals surface area contributed by atoms with Crippen LogP contribution in [0.1, 0.15) is 0 Å². The molecular formula is C30H22O6S. The van der Waals surface area contributed by atoms with Crippen LogP contribution in [0.5, 0.6) is 0 Å². The zero-order chi connectivity index (χ0) is 26.1. The summed E-state index contributed by atoms with van der Waals surface area (Å²) in [4.78, 5) is 0. The van der Waals surface area contributed by atoms with Crippen molar-refractivity contribution in [3.8, 4) is 22.6 Å². The zero-order valence-electron chi connectivity index (χ0n) is 19.6. The van der Waals surface area contributed by atoms with Crippen molar-refractivity contribution in [1.29, 1.82) is 0 Å². The maximum Gasteiger partial charge on any atom is 0.360 e. The normalized spacial score (nSPS) is 10.6. The van der Waals surface area contributed by atoms with E-state index in [0.29, 0.717) is 0 Å². The van der Waals surface area contributed by atoms with Crippen LogP contribution >= 0.6 is 0 Å². The van der Waals surface area contributed by atoms with Crippen molar-refractivity contribution in [2.75, 3.05) is 0 Å². The van der Waals surface area contributed by atoms with Crippen molar-refractivity contribution in [3.63, 3.8) is 0 Å². The van der Waals surface area contributed by atoms with Gasteiger partial charge in [-0.15, -0.1) is 0 Å². The van der Waals surface area contributed by atoms with Gasteiger partial charge in [-0.3, -0.25) is 8.42 Å².